The second kappa shape index (κ2) is 5.85. The molecular weight excluding hydrogens is 228 g/mol. The van der Waals surface area contributed by atoms with E-state index in [1.807, 2.05) is 0 Å². The van der Waals surface area contributed by atoms with Crippen LogP contribution >= 0.6 is 0 Å². The highest BCUT2D eigenvalue weighted by Crippen LogP contribution is 2.56. The Morgan fingerprint density at radius 3 is 2.21 bits per heavy atom. The van der Waals surface area contributed by atoms with E-state index >= 15 is 0 Å². The van der Waals surface area contributed by atoms with Crippen molar-refractivity contribution in [3.63, 3.8) is 0 Å². The molecule has 0 aromatic carbocycles. The summed E-state index contributed by atoms with van der Waals surface area (Å²) < 4.78 is 0. The van der Waals surface area contributed by atoms with Crippen LogP contribution in [0.25, 0.3) is 0 Å². The Morgan fingerprint density at radius 2 is 1.74 bits per heavy atom. The minimum absolute atomic E-state index is 0.964. The Morgan fingerprint density at radius 1 is 1.05 bits per heavy atom. The van der Waals surface area contributed by atoms with Gasteiger partial charge in [-0.15, -0.1) is 0 Å². The van der Waals surface area contributed by atoms with Gasteiger partial charge in [-0.3, -0.25) is 0 Å². The lowest BCUT2D eigenvalue weighted by atomic mass is 9.73. The van der Waals surface area contributed by atoms with Crippen LogP contribution in [-0.2, 0) is 0 Å². The molecule has 2 rings (SSSR count). The molecule has 0 aromatic rings. The first kappa shape index (κ1) is 14.9. The molecule has 2 aliphatic carbocycles. The predicted molar refractivity (Wildman–Crippen MR) is 85.1 cm³/mol. The molecule has 2 saturated carbocycles. The van der Waals surface area contributed by atoms with Crippen molar-refractivity contribution in [3.05, 3.63) is 22.8 Å². The highest BCUT2D eigenvalue weighted by atomic mass is 14.5. The van der Waals surface area contributed by atoms with Crippen LogP contribution in [0.2, 0.25) is 0 Å². The van der Waals surface area contributed by atoms with E-state index in [9.17, 15) is 0 Å². The zero-order valence-corrected chi connectivity index (χ0v) is 13.8. The van der Waals surface area contributed by atoms with E-state index in [1.165, 1.54) is 31.3 Å². The fourth-order valence-corrected chi connectivity index (χ4v) is 4.48. The molecule has 19 heavy (non-hydrogen) atoms. The summed E-state index contributed by atoms with van der Waals surface area (Å²) in [6.45, 7) is 14.0. The lowest BCUT2D eigenvalue weighted by Crippen LogP contribution is -2.24. The van der Waals surface area contributed by atoms with Crippen molar-refractivity contribution in [2.45, 2.75) is 67.2 Å². The molecular formula is C19H32. The number of allylic oxidation sites excluding steroid dienone is 4. The van der Waals surface area contributed by atoms with Crippen LogP contribution in [-0.4, -0.2) is 0 Å². The van der Waals surface area contributed by atoms with Gasteiger partial charge in [-0.2, -0.15) is 0 Å². The first-order valence-corrected chi connectivity index (χ1v) is 8.21. The predicted octanol–water partition coefficient (Wildman–Crippen LogP) is 6.00. The van der Waals surface area contributed by atoms with Gasteiger partial charge in [0.05, 0.1) is 0 Å². The van der Waals surface area contributed by atoms with Crippen LogP contribution in [0.4, 0.5) is 0 Å². The van der Waals surface area contributed by atoms with Gasteiger partial charge in [0.25, 0.3) is 0 Å². The number of hydrogen-bond acceptors (Lipinski definition) is 0. The summed E-state index contributed by atoms with van der Waals surface area (Å²) in [7, 11) is 0. The summed E-state index contributed by atoms with van der Waals surface area (Å²) in [4.78, 5) is 0. The number of hydrogen-bond donors (Lipinski definition) is 0. The molecule has 0 aliphatic heterocycles. The van der Waals surface area contributed by atoms with Crippen LogP contribution < -0.4 is 0 Å². The van der Waals surface area contributed by atoms with Gasteiger partial charge in [0.15, 0.2) is 0 Å². The third-order valence-electron chi connectivity index (χ3n) is 6.31. The molecule has 0 N–H and O–H groups in total. The molecule has 0 heterocycles. The molecule has 0 amide bonds. The van der Waals surface area contributed by atoms with Crippen molar-refractivity contribution < 1.29 is 0 Å². The molecule has 5 unspecified atom stereocenters. The van der Waals surface area contributed by atoms with Gasteiger partial charge in [0, 0.05) is 0 Å². The summed E-state index contributed by atoms with van der Waals surface area (Å²) in [6.07, 6.45) is 7.97. The summed E-state index contributed by atoms with van der Waals surface area (Å²) in [5, 5.41) is 0. The summed E-state index contributed by atoms with van der Waals surface area (Å²) in [5.74, 6) is 4.98. The zero-order valence-electron chi connectivity index (χ0n) is 13.8. The van der Waals surface area contributed by atoms with Gasteiger partial charge < -0.3 is 0 Å². The summed E-state index contributed by atoms with van der Waals surface area (Å²) >= 11 is 0. The smallest absolute Gasteiger partial charge is 0.0109 e. The monoisotopic (exact) mass is 260 g/mol. The first-order valence-electron chi connectivity index (χ1n) is 8.21. The van der Waals surface area contributed by atoms with E-state index in [0.717, 1.165) is 29.6 Å². The molecule has 108 valence electrons. The van der Waals surface area contributed by atoms with Crippen LogP contribution in [0.5, 0.6) is 0 Å². The maximum Gasteiger partial charge on any atom is -0.0109 e. The van der Waals surface area contributed by atoms with E-state index in [0.29, 0.717) is 0 Å². The molecule has 0 radical (unpaired) electrons. The lowest BCUT2D eigenvalue weighted by Gasteiger charge is -2.32. The fourth-order valence-electron chi connectivity index (χ4n) is 4.48. The van der Waals surface area contributed by atoms with Crippen molar-refractivity contribution in [1.29, 1.82) is 0 Å². The molecule has 0 nitrogen and oxygen atoms in total. The third-order valence-corrected chi connectivity index (χ3v) is 6.31. The van der Waals surface area contributed by atoms with Crippen LogP contribution in [0, 0.1) is 29.6 Å². The van der Waals surface area contributed by atoms with Crippen LogP contribution in [0.3, 0.4) is 0 Å². The highest BCUT2D eigenvalue weighted by molar-refractivity contribution is 5.18. The van der Waals surface area contributed by atoms with Gasteiger partial charge in [-0.1, -0.05) is 36.6 Å². The second-order valence-electron chi connectivity index (χ2n) is 7.48. The Balaban J connectivity index is 1.97. The van der Waals surface area contributed by atoms with E-state index < -0.39 is 0 Å². The zero-order chi connectivity index (χ0) is 14.2. The average Bonchev–Trinajstić information content (AvgIpc) is 2.89. The standard InChI is InChI=1S/C19H32/c1-7-16(8-13(4)12(2)3)9-18-10-17-11-19(18)15(6)14(17)5/h7,14-15,17-19H,8-11H2,1-6H3. The van der Waals surface area contributed by atoms with Crippen molar-refractivity contribution in [2.24, 2.45) is 29.6 Å². The van der Waals surface area contributed by atoms with Crippen molar-refractivity contribution >= 4 is 0 Å². The highest BCUT2D eigenvalue weighted by Gasteiger charge is 2.48. The van der Waals surface area contributed by atoms with Crippen LogP contribution in [0.15, 0.2) is 22.8 Å². The number of rotatable bonds is 4. The Hall–Kier alpha value is -0.520. The SMILES string of the molecule is CC=C(CC(C)=C(C)C)CC1CC2CC1C(C)C2C. The normalized spacial score (nSPS) is 37.8. The van der Waals surface area contributed by atoms with Gasteiger partial charge in [0.1, 0.15) is 0 Å². The molecule has 5 atom stereocenters. The van der Waals surface area contributed by atoms with Crippen molar-refractivity contribution in [2.75, 3.05) is 0 Å². The van der Waals surface area contributed by atoms with E-state index in [4.69, 9.17) is 0 Å². The first-order chi connectivity index (χ1) is 8.93. The van der Waals surface area contributed by atoms with E-state index in [2.05, 4.69) is 47.6 Å². The van der Waals surface area contributed by atoms with Gasteiger partial charge in [0.2, 0.25) is 0 Å². The van der Waals surface area contributed by atoms with Gasteiger partial charge in [-0.25, -0.2) is 0 Å². The molecule has 0 aromatic heterocycles. The topological polar surface area (TPSA) is 0 Å². The van der Waals surface area contributed by atoms with Crippen molar-refractivity contribution in [3.8, 4) is 0 Å². The quantitative estimate of drug-likeness (QED) is 0.544. The molecule has 2 bridgehead atoms. The van der Waals surface area contributed by atoms with E-state index in [-0.39, 0.29) is 0 Å². The summed E-state index contributed by atoms with van der Waals surface area (Å²) in [6, 6.07) is 0. The second-order valence-corrected chi connectivity index (χ2v) is 7.48. The summed E-state index contributed by atoms with van der Waals surface area (Å²) in [5.41, 5.74) is 4.74. The maximum atomic E-state index is 2.50. The molecule has 0 heteroatoms. The minimum Gasteiger partial charge on any atom is -0.0881 e. The minimum atomic E-state index is 0.964. The fraction of sp³-hybridized carbons (Fsp3) is 0.789. The molecule has 2 aliphatic rings. The lowest BCUT2D eigenvalue weighted by molar-refractivity contribution is 0.188. The van der Waals surface area contributed by atoms with Crippen molar-refractivity contribution in [1.82, 2.24) is 0 Å². The Bertz CT molecular complexity index is 379. The van der Waals surface area contributed by atoms with Gasteiger partial charge >= 0.3 is 0 Å². The number of fused-ring (bicyclic) bond motifs is 2. The molecule has 0 spiro atoms. The Labute approximate surface area is 120 Å². The average molecular weight is 260 g/mol. The molecule has 2 fully saturated rings. The van der Waals surface area contributed by atoms with Gasteiger partial charge in [-0.05, 0) is 83.0 Å². The third kappa shape index (κ3) is 2.98. The molecule has 0 saturated heterocycles. The maximum absolute atomic E-state index is 2.50. The van der Waals surface area contributed by atoms with E-state index in [1.54, 1.807) is 11.1 Å². The largest absolute Gasteiger partial charge is 0.0881 e. The Kier molecular flexibility index (Phi) is 4.58. The van der Waals surface area contributed by atoms with Crippen LogP contribution in [0.1, 0.15) is 67.2 Å².